The van der Waals surface area contributed by atoms with Gasteiger partial charge in [0, 0.05) is 20.2 Å². The molecule has 1 rings (SSSR count). The van der Waals surface area contributed by atoms with Crippen LogP contribution in [0.1, 0.15) is 0 Å². The van der Waals surface area contributed by atoms with Crippen LogP contribution in [0.4, 0.5) is 0 Å². The van der Waals surface area contributed by atoms with Crippen LogP contribution >= 0.6 is 12.4 Å². The Morgan fingerprint density at radius 2 is 2.00 bits per heavy atom. The smallest absolute Gasteiger partial charge is 0.0987 e. The zero-order valence-electron chi connectivity index (χ0n) is 6.21. The Labute approximate surface area is 67.7 Å². The summed E-state index contributed by atoms with van der Waals surface area (Å²) in [5.74, 6) is 0. The van der Waals surface area contributed by atoms with Gasteiger partial charge in [0.25, 0.3) is 0 Å². The maximum atomic E-state index is 5.15. The molecule has 1 heterocycles. The van der Waals surface area contributed by atoms with Crippen LogP contribution in [0.15, 0.2) is 0 Å². The highest BCUT2D eigenvalue weighted by Gasteiger charge is 2.07. The van der Waals surface area contributed by atoms with Crippen molar-refractivity contribution in [3.8, 4) is 0 Å². The molecule has 0 aromatic carbocycles. The van der Waals surface area contributed by atoms with Crippen LogP contribution in [0.25, 0.3) is 0 Å². The minimum Gasteiger partial charge on any atom is -0.379 e. The van der Waals surface area contributed by atoms with Crippen LogP contribution in [-0.2, 0) is 9.47 Å². The predicted octanol–water partition coefficient (Wildman–Crippen LogP) is 0.344. The average Bonchev–Trinajstić information content (AvgIpc) is 1.91. The van der Waals surface area contributed by atoms with E-state index in [2.05, 4.69) is 4.90 Å². The summed E-state index contributed by atoms with van der Waals surface area (Å²) in [6, 6.07) is 0. The first-order valence-electron chi connectivity index (χ1n) is 3.22. The topological polar surface area (TPSA) is 21.7 Å². The van der Waals surface area contributed by atoms with Crippen molar-refractivity contribution in [3.63, 3.8) is 0 Å². The SMILES string of the molecule is COCN1CCOCC1.Cl. The van der Waals surface area contributed by atoms with E-state index in [1.807, 2.05) is 0 Å². The fourth-order valence-electron chi connectivity index (χ4n) is 0.913. The third-order valence-corrected chi connectivity index (χ3v) is 1.42. The standard InChI is InChI=1S/C6H13NO2.ClH/c1-8-6-7-2-4-9-5-3-7;/h2-6H2,1H3;1H. The van der Waals surface area contributed by atoms with Gasteiger partial charge in [0.2, 0.25) is 0 Å². The van der Waals surface area contributed by atoms with Crippen molar-refractivity contribution in [2.24, 2.45) is 0 Å². The molecule has 1 aliphatic heterocycles. The molecule has 0 aliphatic carbocycles. The summed E-state index contributed by atoms with van der Waals surface area (Å²) in [4.78, 5) is 2.23. The molecule has 0 N–H and O–H groups in total. The fourth-order valence-corrected chi connectivity index (χ4v) is 0.913. The van der Waals surface area contributed by atoms with Crippen LogP contribution in [0, 0.1) is 0 Å². The van der Waals surface area contributed by atoms with Gasteiger partial charge in [0.1, 0.15) is 0 Å². The van der Waals surface area contributed by atoms with E-state index >= 15 is 0 Å². The quantitative estimate of drug-likeness (QED) is 0.592. The van der Waals surface area contributed by atoms with Gasteiger partial charge in [-0.25, -0.2) is 0 Å². The predicted molar refractivity (Wildman–Crippen MR) is 41.5 cm³/mol. The van der Waals surface area contributed by atoms with E-state index in [0.717, 1.165) is 33.0 Å². The Hall–Kier alpha value is 0.170. The molecule has 0 spiro atoms. The second kappa shape index (κ2) is 5.92. The lowest BCUT2D eigenvalue weighted by Crippen LogP contribution is -2.37. The number of morpholine rings is 1. The fraction of sp³-hybridized carbons (Fsp3) is 1.00. The molecule has 62 valence electrons. The summed E-state index contributed by atoms with van der Waals surface area (Å²) < 4.78 is 10.1. The van der Waals surface area contributed by atoms with Gasteiger partial charge in [0.15, 0.2) is 0 Å². The van der Waals surface area contributed by atoms with E-state index < -0.39 is 0 Å². The number of hydrogen-bond acceptors (Lipinski definition) is 3. The molecule has 0 saturated carbocycles. The first-order valence-corrected chi connectivity index (χ1v) is 3.22. The minimum absolute atomic E-state index is 0. The van der Waals surface area contributed by atoms with Crippen molar-refractivity contribution in [1.29, 1.82) is 0 Å². The number of ether oxygens (including phenoxy) is 2. The second-order valence-corrected chi connectivity index (χ2v) is 2.15. The lowest BCUT2D eigenvalue weighted by atomic mass is 10.5. The normalized spacial score (nSPS) is 20.1. The third kappa shape index (κ3) is 3.37. The van der Waals surface area contributed by atoms with E-state index in [1.54, 1.807) is 7.11 Å². The van der Waals surface area contributed by atoms with Crippen molar-refractivity contribution in [2.75, 3.05) is 40.1 Å². The molecule has 0 aromatic heterocycles. The number of hydrogen-bond donors (Lipinski definition) is 0. The summed E-state index contributed by atoms with van der Waals surface area (Å²) in [6.45, 7) is 4.46. The van der Waals surface area contributed by atoms with Crippen LogP contribution in [0.5, 0.6) is 0 Å². The molecule has 3 nitrogen and oxygen atoms in total. The molecule has 0 atom stereocenters. The van der Waals surface area contributed by atoms with Crippen molar-refractivity contribution >= 4 is 12.4 Å². The number of nitrogens with zero attached hydrogens (tertiary/aromatic N) is 1. The Kier molecular flexibility index (Phi) is 6.02. The highest BCUT2D eigenvalue weighted by molar-refractivity contribution is 5.85. The largest absolute Gasteiger partial charge is 0.379 e. The molecule has 0 amide bonds. The maximum absolute atomic E-state index is 5.15. The molecule has 0 bridgehead atoms. The van der Waals surface area contributed by atoms with Gasteiger partial charge in [-0.1, -0.05) is 0 Å². The molecule has 0 radical (unpaired) electrons. The summed E-state index contributed by atoms with van der Waals surface area (Å²) in [7, 11) is 1.72. The summed E-state index contributed by atoms with van der Waals surface area (Å²) >= 11 is 0. The first-order chi connectivity index (χ1) is 4.43. The van der Waals surface area contributed by atoms with Gasteiger partial charge in [-0.3, -0.25) is 4.90 Å². The molecule has 4 heteroatoms. The number of methoxy groups -OCH3 is 1. The Morgan fingerprint density at radius 3 is 2.50 bits per heavy atom. The van der Waals surface area contributed by atoms with Crippen LogP contribution in [-0.4, -0.2) is 45.0 Å². The Morgan fingerprint density at radius 1 is 1.40 bits per heavy atom. The minimum atomic E-state index is 0. The van der Waals surface area contributed by atoms with Gasteiger partial charge < -0.3 is 9.47 Å². The van der Waals surface area contributed by atoms with Gasteiger partial charge in [0.05, 0.1) is 19.9 Å². The highest BCUT2D eigenvalue weighted by atomic mass is 35.5. The second-order valence-electron chi connectivity index (χ2n) is 2.15. The highest BCUT2D eigenvalue weighted by Crippen LogP contribution is 1.94. The van der Waals surface area contributed by atoms with Gasteiger partial charge >= 0.3 is 0 Å². The number of rotatable bonds is 2. The van der Waals surface area contributed by atoms with E-state index in [-0.39, 0.29) is 12.4 Å². The van der Waals surface area contributed by atoms with E-state index in [1.165, 1.54) is 0 Å². The van der Waals surface area contributed by atoms with Crippen LogP contribution in [0.3, 0.4) is 0 Å². The van der Waals surface area contributed by atoms with Gasteiger partial charge in [-0.2, -0.15) is 0 Å². The zero-order chi connectivity index (χ0) is 6.53. The molecule has 0 unspecified atom stereocenters. The lowest BCUT2D eigenvalue weighted by Gasteiger charge is -2.25. The Bertz CT molecular complexity index is 73.4. The van der Waals surface area contributed by atoms with Crippen molar-refractivity contribution in [2.45, 2.75) is 0 Å². The lowest BCUT2D eigenvalue weighted by molar-refractivity contribution is -0.0178. The molecule has 1 fully saturated rings. The molecule has 1 saturated heterocycles. The van der Waals surface area contributed by atoms with Crippen molar-refractivity contribution in [1.82, 2.24) is 4.90 Å². The van der Waals surface area contributed by atoms with Crippen LogP contribution < -0.4 is 0 Å². The summed E-state index contributed by atoms with van der Waals surface area (Å²) in [6.07, 6.45) is 0. The monoisotopic (exact) mass is 167 g/mol. The first kappa shape index (κ1) is 10.2. The molecule has 0 aromatic rings. The van der Waals surface area contributed by atoms with Crippen LogP contribution in [0.2, 0.25) is 0 Å². The molecule has 10 heavy (non-hydrogen) atoms. The van der Waals surface area contributed by atoms with E-state index in [4.69, 9.17) is 9.47 Å². The third-order valence-electron chi connectivity index (χ3n) is 1.42. The maximum Gasteiger partial charge on any atom is 0.0987 e. The molecular formula is C6H14ClNO2. The summed E-state index contributed by atoms with van der Waals surface area (Å²) in [5.41, 5.74) is 0. The molecular weight excluding hydrogens is 154 g/mol. The molecule has 1 aliphatic rings. The van der Waals surface area contributed by atoms with E-state index in [0.29, 0.717) is 0 Å². The van der Waals surface area contributed by atoms with Crippen molar-refractivity contribution in [3.05, 3.63) is 0 Å². The zero-order valence-corrected chi connectivity index (χ0v) is 7.02. The Balaban J connectivity index is 0.000000810. The summed E-state index contributed by atoms with van der Waals surface area (Å²) in [5, 5.41) is 0. The van der Waals surface area contributed by atoms with E-state index in [9.17, 15) is 0 Å². The van der Waals surface area contributed by atoms with Crippen molar-refractivity contribution < 1.29 is 9.47 Å². The average molecular weight is 168 g/mol. The van der Waals surface area contributed by atoms with Gasteiger partial charge in [-0.05, 0) is 0 Å². The number of halogens is 1. The van der Waals surface area contributed by atoms with Gasteiger partial charge in [-0.15, -0.1) is 12.4 Å².